The zero-order valence-corrected chi connectivity index (χ0v) is 17.3. The molecule has 3 amide bonds. The molecule has 30 heavy (non-hydrogen) atoms. The number of carbonyl (C=O) groups excluding carboxylic acids is 3. The molecule has 1 aliphatic rings. The average molecular weight is 411 g/mol. The molecule has 0 atom stereocenters. The predicted molar refractivity (Wildman–Crippen MR) is 110 cm³/mol. The molecular weight excluding hydrogens is 386 g/mol. The van der Waals surface area contributed by atoms with Crippen molar-refractivity contribution in [2.45, 2.75) is 39.3 Å². The first kappa shape index (κ1) is 21.3. The fraction of sp³-hybridized carbons (Fsp3) is 0.364. The van der Waals surface area contributed by atoms with Gasteiger partial charge in [-0.3, -0.25) is 19.3 Å². The Labute approximate surface area is 174 Å². The molecule has 0 saturated carbocycles. The number of amides is 3. The molecule has 0 aliphatic carbocycles. The minimum absolute atomic E-state index is 0.127. The summed E-state index contributed by atoms with van der Waals surface area (Å²) < 4.78 is 6.65. The Balaban J connectivity index is 1.60. The summed E-state index contributed by atoms with van der Waals surface area (Å²) >= 11 is 0. The van der Waals surface area contributed by atoms with E-state index in [1.165, 1.54) is 9.47 Å². The average Bonchev–Trinajstić information content (AvgIpc) is 2.92. The molecule has 2 heterocycles. The van der Waals surface area contributed by atoms with Gasteiger partial charge in [0, 0.05) is 31.4 Å². The van der Waals surface area contributed by atoms with Crippen LogP contribution in [0.4, 0.5) is 4.79 Å². The third-order valence-corrected chi connectivity index (χ3v) is 4.60. The monoisotopic (exact) mass is 411 g/mol. The number of aromatic nitrogens is 1. The van der Waals surface area contributed by atoms with Crippen molar-refractivity contribution < 1.29 is 19.1 Å². The summed E-state index contributed by atoms with van der Waals surface area (Å²) in [4.78, 5) is 50.5. The number of hydrogen-bond donors (Lipinski definition) is 1. The molecule has 0 radical (unpaired) electrons. The maximum atomic E-state index is 12.7. The smallest absolute Gasteiger partial charge is 0.407 e. The molecule has 2 aromatic rings. The standard InChI is InChI=1S/C22H25N3O5/c1-22(2,3)30-21(29)23-11-14-24-12-6-7-15(18(24)26)10-13-25-19(27)16-8-4-5-9-17(16)20(25)28/h4-9,12H,10-11,13-14H2,1-3H3,(H,23,29). The SMILES string of the molecule is CC(C)(C)OC(=O)NCCn1cccc(CCN2C(=O)c3ccccc3C2=O)c1=O. The first-order chi connectivity index (χ1) is 14.2. The first-order valence-electron chi connectivity index (χ1n) is 9.78. The summed E-state index contributed by atoms with van der Waals surface area (Å²) in [5.74, 6) is -0.679. The van der Waals surface area contributed by atoms with Gasteiger partial charge in [-0.05, 0) is 45.4 Å². The Bertz CT molecular complexity index is 1000. The minimum Gasteiger partial charge on any atom is -0.444 e. The van der Waals surface area contributed by atoms with Crippen molar-refractivity contribution in [2.24, 2.45) is 0 Å². The maximum absolute atomic E-state index is 12.7. The van der Waals surface area contributed by atoms with E-state index in [0.717, 1.165) is 0 Å². The van der Waals surface area contributed by atoms with Gasteiger partial charge in [-0.1, -0.05) is 18.2 Å². The van der Waals surface area contributed by atoms with Gasteiger partial charge in [0.2, 0.25) is 0 Å². The molecule has 1 aromatic heterocycles. The predicted octanol–water partition coefficient (Wildman–Crippen LogP) is 2.21. The third kappa shape index (κ3) is 4.76. The number of carbonyl (C=O) groups is 3. The van der Waals surface area contributed by atoms with Crippen LogP contribution in [0.25, 0.3) is 0 Å². The highest BCUT2D eigenvalue weighted by atomic mass is 16.6. The lowest BCUT2D eigenvalue weighted by molar-refractivity contribution is 0.0524. The van der Waals surface area contributed by atoms with Crippen molar-refractivity contribution in [2.75, 3.05) is 13.1 Å². The number of ether oxygens (including phenoxy) is 1. The van der Waals surface area contributed by atoms with Gasteiger partial charge in [0.15, 0.2) is 0 Å². The largest absolute Gasteiger partial charge is 0.444 e. The van der Waals surface area contributed by atoms with Crippen LogP contribution in [0.5, 0.6) is 0 Å². The summed E-state index contributed by atoms with van der Waals surface area (Å²) in [6.45, 7) is 5.95. The molecule has 1 N–H and O–H groups in total. The van der Waals surface area contributed by atoms with Gasteiger partial charge in [-0.25, -0.2) is 4.79 Å². The molecule has 8 nitrogen and oxygen atoms in total. The Kier molecular flexibility index (Phi) is 6.05. The molecule has 0 spiro atoms. The molecule has 0 bridgehead atoms. The van der Waals surface area contributed by atoms with E-state index in [4.69, 9.17) is 4.74 Å². The number of alkyl carbamates (subject to hydrolysis) is 1. The molecular formula is C22H25N3O5. The van der Waals surface area contributed by atoms with Crippen molar-refractivity contribution in [3.63, 3.8) is 0 Å². The number of pyridine rings is 1. The summed E-state index contributed by atoms with van der Waals surface area (Å²) in [7, 11) is 0. The van der Waals surface area contributed by atoms with Crippen LogP contribution < -0.4 is 10.9 Å². The van der Waals surface area contributed by atoms with E-state index in [1.54, 1.807) is 63.4 Å². The number of hydrogen-bond acceptors (Lipinski definition) is 5. The molecule has 158 valence electrons. The van der Waals surface area contributed by atoms with Crippen LogP contribution in [0.2, 0.25) is 0 Å². The van der Waals surface area contributed by atoms with E-state index in [0.29, 0.717) is 16.7 Å². The highest BCUT2D eigenvalue weighted by Crippen LogP contribution is 2.22. The molecule has 8 heteroatoms. The second-order valence-electron chi connectivity index (χ2n) is 8.02. The fourth-order valence-electron chi connectivity index (χ4n) is 3.22. The highest BCUT2D eigenvalue weighted by molar-refractivity contribution is 6.21. The van der Waals surface area contributed by atoms with E-state index >= 15 is 0 Å². The Morgan fingerprint density at radius 2 is 1.60 bits per heavy atom. The van der Waals surface area contributed by atoms with Crippen LogP contribution in [0, 0.1) is 0 Å². The summed E-state index contributed by atoms with van der Waals surface area (Å²) in [5.41, 5.74) is 0.457. The van der Waals surface area contributed by atoms with Crippen LogP contribution in [-0.4, -0.2) is 46.1 Å². The van der Waals surface area contributed by atoms with Crippen molar-refractivity contribution in [1.82, 2.24) is 14.8 Å². The number of rotatable bonds is 6. The van der Waals surface area contributed by atoms with Gasteiger partial charge >= 0.3 is 6.09 Å². The lowest BCUT2D eigenvalue weighted by Gasteiger charge is -2.19. The Morgan fingerprint density at radius 3 is 2.20 bits per heavy atom. The van der Waals surface area contributed by atoms with Gasteiger partial charge in [0.05, 0.1) is 11.1 Å². The van der Waals surface area contributed by atoms with E-state index in [-0.39, 0.29) is 43.4 Å². The van der Waals surface area contributed by atoms with Crippen LogP contribution in [-0.2, 0) is 17.7 Å². The number of nitrogens with one attached hydrogen (secondary N) is 1. The zero-order chi connectivity index (χ0) is 21.9. The quantitative estimate of drug-likeness (QED) is 0.735. The summed E-state index contributed by atoms with van der Waals surface area (Å²) in [6, 6.07) is 10.1. The minimum atomic E-state index is -0.592. The third-order valence-electron chi connectivity index (χ3n) is 4.60. The van der Waals surface area contributed by atoms with E-state index in [2.05, 4.69) is 5.32 Å². The topological polar surface area (TPSA) is 97.7 Å². The molecule has 0 unspecified atom stereocenters. The second-order valence-corrected chi connectivity index (χ2v) is 8.02. The fourth-order valence-corrected chi connectivity index (χ4v) is 3.22. The maximum Gasteiger partial charge on any atom is 0.407 e. The van der Waals surface area contributed by atoms with Crippen LogP contribution in [0.1, 0.15) is 47.1 Å². The number of benzene rings is 1. The van der Waals surface area contributed by atoms with Gasteiger partial charge in [-0.15, -0.1) is 0 Å². The molecule has 1 aromatic carbocycles. The van der Waals surface area contributed by atoms with Crippen molar-refractivity contribution in [1.29, 1.82) is 0 Å². The van der Waals surface area contributed by atoms with Gasteiger partial charge in [-0.2, -0.15) is 0 Å². The van der Waals surface area contributed by atoms with Gasteiger partial charge < -0.3 is 14.6 Å². The van der Waals surface area contributed by atoms with E-state index < -0.39 is 11.7 Å². The Morgan fingerprint density at radius 1 is 0.967 bits per heavy atom. The van der Waals surface area contributed by atoms with E-state index in [1.807, 2.05) is 0 Å². The second kappa shape index (κ2) is 8.52. The van der Waals surface area contributed by atoms with Crippen LogP contribution in [0.15, 0.2) is 47.4 Å². The highest BCUT2D eigenvalue weighted by Gasteiger charge is 2.34. The normalized spacial score (nSPS) is 13.4. The molecule has 0 fully saturated rings. The number of fused-ring (bicyclic) bond motifs is 1. The zero-order valence-electron chi connectivity index (χ0n) is 17.3. The molecule has 0 saturated heterocycles. The number of imide groups is 1. The lowest BCUT2D eigenvalue weighted by Crippen LogP contribution is -2.36. The number of nitrogens with zero attached hydrogens (tertiary/aromatic N) is 2. The van der Waals surface area contributed by atoms with Crippen molar-refractivity contribution >= 4 is 17.9 Å². The van der Waals surface area contributed by atoms with Crippen LogP contribution >= 0.6 is 0 Å². The molecule has 3 rings (SSSR count). The summed E-state index contributed by atoms with van der Waals surface area (Å²) in [6.07, 6.45) is 1.34. The van der Waals surface area contributed by atoms with Crippen molar-refractivity contribution in [3.05, 3.63) is 69.6 Å². The first-order valence-corrected chi connectivity index (χ1v) is 9.78. The Hall–Kier alpha value is -3.42. The van der Waals surface area contributed by atoms with Gasteiger partial charge in [0.1, 0.15) is 5.60 Å². The lowest BCUT2D eigenvalue weighted by atomic mass is 10.1. The molecule has 1 aliphatic heterocycles. The van der Waals surface area contributed by atoms with Crippen LogP contribution in [0.3, 0.4) is 0 Å². The van der Waals surface area contributed by atoms with Gasteiger partial charge in [0.25, 0.3) is 17.4 Å². The van der Waals surface area contributed by atoms with E-state index in [9.17, 15) is 19.2 Å². The van der Waals surface area contributed by atoms with Crippen molar-refractivity contribution in [3.8, 4) is 0 Å². The summed E-state index contributed by atoms with van der Waals surface area (Å²) in [5, 5.41) is 2.61.